The number of aromatic carboxylic acids is 1. The molecular formula is C17H20ClN5O4. The highest BCUT2D eigenvalue weighted by molar-refractivity contribution is 6.14. The van der Waals surface area contributed by atoms with E-state index in [-0.39, 0.29) is 18.8 Å². The van der Waals surface area contributed by atoms with E-state index in [1.165, 1.54) is 4.42 Å². The van der Waals surface area contributed by atoms with Gasteiger partial charge in [0.2, 0.25) is 0 Å². The summed E-state index contributed by atoms with van der Waals surface area (Å²) < 4.78 is 8.35. The normalized spacial score (nSPS) is 13.3. The molecule has 0 saturated carbocycles. The molecule has 1 aliphatic rings. The number of anilines is 1. The van der Waals surface area contributed by atoms with Gasteiger partial charge in [-0.1, -0.05) is 0 Å². The molecule has 9 nitrogen and oxygen atoms in total. The molecule has 0 fully saturated rings. The van der Waals surface area contributed by atoms with E-state index in [2.05, 4.69) is 15.4 Å². The van der Waals surface area contributed by atoms with E-state index >= 15 is 0 Å². The molecule has 27 heavy (non-hydrogen) atoms. The second-order valence-corrected chi connectivity index (χ2v) is 6.27. The molecule has 2 aromatic heterocycles. The first-order chi connectivity index (χ1) is 13.0. The van der Waals surface area contributed by atoms with Gasteiger partial charge >= 0.3 is 5.97 Å². The first-order valence-electron chi connectivity index (χ1n) is 8.41. The lowest BCUT2D eigenvalue weighted by atomic mass is 10.1. The number of pyridine rings is 1. The number of nitrogens with zero attached hydrogens (tertiary/aromatic N) is 4. The molecule has 144 valence electrons. The van der Waals surface area contributed by atoms with Crippen molar-refractivity contribution in [3.63, 3.8) is 0 Å². The van der Waals surface area contributed by atoms with E-state index in [1.54, 1.807) is 29.2 Å². The summed E-state index contributed by atoms with van der Waals surface area (Å²) in [7, 11) is 0. The predicted molar refractivity (Wildman–Crippen MR) is 98.8 cm³/mol. The van der Waals surface area contributed by atoms with Gasteiger partial charge in [0.15, 0.2) is 5.69 Å². The van der Waals surface area contributed by atoms with Crippen LogP contribution >= 0.6 is 11.8 Å². The van der Waals surface area contributed by atoms with Crippen molar-refractivity contribution < 1.29 is 19.7 Å². The van der Waals surface area contributed by atoms with Gasteiger partial charge in [0, 0.05) is 36.3 Å². The summed E-state index contributed by atoms with van der Waals surface area (Å²) in [6.07, 6.45) is 3.23. The molecule has 0 atom stereocenters. The smallest absolute Gasteiger partial charge is 0.356 e. The maximum atomic E-state index is 11.6. The number of halogens is 1. The fourth-order valence-electron chi connectivity index (χ4n) is 2.85. The second kappa shape index (κ2) is 8.38. The third kappa shape index (κ3) is 4.21. The summed E-state index contributed by atoms with van der Waals surface area (Å²) in [6, 6.07) is 3.40. The Balaban J connectivity index is 1.99. The zero-order valence-electron chi connectivity index (χ0n) is 14.7. The number of hydrogen-bond donors (Lipinski definition) is 3. The number of carboxylic acid groups (broad SMARTS) is 1. The van der Waals surface area contributed by atoms with Crippen LogP contribution in [0.25, 0.3) is 5.70 Å². The Hall–Kier alpha value is -2.62. The van der Waals surface area contributed by atoms with Gasteiger partial charge < -0.3 is 20.3 Å². The summed E-state index contributed by atoms with van der Waals surface area (Å²) in [5.74, 6) is -0.617. The fourth-order valence-corrected chi connectivity index (χ4v) is 3.06. The largest absolute Gasteiger partial charge is 0.476 e. The van der Waals surface area contributed by atoms with Gasteiger partial charge in [0.05, 0.1) is 37.7 Å². The number of ether oxygens (including phenoxy) is 1. The number of aliphatic hydroxyl groups is 1. The van der Waals surface area contributed by atoms with Crippen molar-refractivity contribution in [2.24, 2.45) is 0 Å². The van der Waals surface area contributed by atoms with Crippen LogP contribution in [-0.4, -0.2) is 48.6 Å². The van der Waals surface area contributed by atoms with Crippen molar-refractivity contribution in [2.45, 2.75) is 26.6 Å². The molecule has 0 bridgehead atoms. The van der Waals surface area contributed by atoms with Gasteiger partial charge in [-0.25, -0.2) is 9.78 Å². The van der Waals surface area contributed by atoms with Crippen molar-refractivity contribution in [2.75, 3.05) is 18.5 Å². The quantitative estimate of drug-likeness (QED) is 0.460. The van der Waals surface area contributed by atoms with Crippen molar-refractivity contribution in [1.82, 2.24) is 19.2 Å². The molecule has 3 heterocycles. The standard InChI is InChI=1S/C17H20ClN5O4/c1-2-27-6-5-23-16-12(15(21-23)17(25)26)8-22(18)9-13(16)20-14-7-11(10-24)3-4-19-14/h3-4,7,9,24H,2,5-6,8,10H2,1H3,(H,19,20)(H,25,26). The SMILES string of the molecule is CCOCCn1nc(C(=O)O)c2c1C(Nc1cc(CO)ccn1)=CN(Cl)C2. The Morgan fingerprint density at radius 1 is 1.48 bits per heavy atom. The van der Waals surface area contributed by atoms with Crippen molar-refractivity contribution in [1.29, 1.82) is 0 Å². The predicted octanol–water partition coefficient (Wildman–Crippen LogP) is 1.89. The lowest BCUT2D eigenvalue weighted by Gasteiger charge is -2.23. The minimum absolute atomic E-state index is 0.0448. The van der Waals surface area contributed by atoms with E-state index in [4.69, 9.17) is 16.5 Å². The minimum atomic E-state index is -1.12. The number of aromatic nitrogens is 3. The van der Waals surface area contributed by atoms with E-state index < -0.39 is 5.97 Å². The molecule has 0 aromatic carbocycles. The number of carbonyl (C=O) groups is 1. The molecule has 3 N–H and O–H groups in total. The number of rotatable bonds is 8. The average molecular weight is 394 g/mol. The van der Waals surface area contributed by atoms with Crippen LogP contribution in [0.5, 0.6) is 0 Å². The molecule has 0 unspecified atom stereocenters. The zero-order valence-corrected chi connectivity index (χ0v) is 15.5. The van der Waals surface area contributed by atoms with Crippen LogP contribution in [-0.2, 0) is 24.4 Å². The lowest BCUT2D eigenvalue weighted by Crippen LogP contribution is -2.20. The van der Waals surface area contributed by atoms with Gasteiger partial charge in [0.1, 0.15) is 5.82 Å². The van der Waals surface area contributed by atoms with Crippen LogP contribution in [0.2, 0.25) is 0 Å². The van der Waals surface area contributed by atoms with Crippen molar-refractivity contribution in [3.05, 3.63) is 47.0 Å². The van der Waals surface area contributed by atoms with E-state index in [0.717, 1.165) is 0 Å². The molecule has 0 saturated heterocycles. The van der Waals surface area contributed by atoms with Crippen LogP contribution in [0.15, 0.2) is 24.5 Å². The summed E-state index contributed by atoms with van der Waals surface area (Å²) in [6.45, 7) is 3.35. The van der Waals surface area contributed by atoms with E-state index in [1.807, 2.05) is 6.92 Å². The fraction of sp³-hybridized carbons (Fsp3) is 0.353. The summed E-state index contributed by atoms with van der Waals surface area (Å²) in [5.41, 5.74) is 2.35. The number of hydrogen-bond acceptors (Lipinski definition) is 7. The van der Waals surface area contributed by atoms with Gasteiger partial charge in [-0.15, -0.1) is 0 Å². The lowest BCUT2D eigenvalue weighted by molar-refractivity contribution is 0.0687. The van der Waals surface area contributed by atoms with Crippen LogP contribution in [0.4, 0.5) is 5.82 Å². The van der Waals surface area contributed by atoms with E-state index in [0.29, 0.717) is 48.1 Å². The molecule has 0 aliphatic carbocycles. The Kier molecular flexibility index (Phi) is 5.94. The maximum Gasteiger partial charge on any atom is 0.356 e. The summed E-state index contributed by atoms with van der Waals surface area (Å²) in [5, 5.41) is 26.2. The molecule has 3 rings (SSSR count). The molecule has 0 amide bonds. The topological polar surface area (TPSA) is 113 Å². The first kappa shape index (κ1) is 19.2. The third-order valence-electron chi connectivity index (χ3n) is 4.01. The average Bonchev–Trinajstić information content (AvgIpc) is 3.01. The summed E-state index contributed by atoms with van der Waals surface area (Å²) in [4.78, 5) is 15.9. The molecular weight excluding hydrogens is 374 g/mol. The number of aliphatic hydroxyl groups excluding tert-OH is 1. The highest BCUT2D eigenvalue weighted by Gasteiger charge is 2.29. The minimum Gasteiger partial charge on any atom is -0.476 e. The zero-order chi connectivity index (χ0) is 19.4. The van der Waals surface area contributed by atoms with Crippen LogP contribution in [0.3, 0.4) is 0 Å². The molecule has 1 aliphatic heterocycles. The van der Waals surface area contributed by atoms with Crippen LogP contribution in [0, 0.1) is 0 Å². The maximum absolute atomic E-state index is 11.6. The van der Waals surface area contributed by atoms with Crippen molar-refractivity contribution >= 4 is 29.3 Å². The first-order valence-corrected chi connectivity index (χ1v) is 8.75. The molecule has 0 spiro atoms. The van der Waals surface area contributed by atoms with Gasteiger partial charge in [-0.3, -0.25) is 9.10 Å². The highest BCUT2D eigenvalue weighted by atomic mass is 35.5. The van der Waals surface area contributed by atoms with E-state index in [9.17, 15) is 15.0 Å². The molecule has 2 aromatic rings. The van der Waals surface area contributed by atoms with Crippen LogP contribution in [0.1, 0.15) is 34.2 Å². The Morgan fingerprint density at radius 2 is 2.30 bits per heavy atom. The number of carboxylic acids is 1. The Bertz CT molecular complexity index is 867. The second-order valence-electron chi connectivity index (χ2n) is 5.83. The molecule has 10 heteroatoms. The Morgan fingerprint density at radius 3 is 3.00 bits per heavy atom. The summed E-state index contributed by atoms with van der Waals surface area (Å²) >= 11 is 6.18. The van der Waals surface area contributed by atoms with Gasteiger partial charge in [-0.2, -0.15) is 5.10 Å². The van der Waals surface area contributed by atoms with Crippen molar-refractivity contribution in [3.8, 4) is 0 Å². The highest BCUT2D eigenvalue weighted by Crippen LogP contribution is 2.31. The number of fused-ring (bicyclic) bond motifs is 1. The number of nitrogens with one attached hydrogen (secondary N) is 1. The molecule has 0 radical (unpaired) electrons. The monoisotopic (exact) mass is 393 g/mol. The van der Waals surface area contributed by atoms with Gasteiger partial charge in [-0.05, 0) is 24.6 Å². The third-order valence-corrected chi connectivity index (χ3v) is 4.22. The van der Waals surface area contributed by atoms with Gasteiger partial charge in [0.25, 0.3) is 0 Å². The Labute approximate surface area is 160 Å². The van der Waals surface area contributed by atoms with Crippen LogP contribution < -0.4 is 5.32 Å².